The van der Waals surface area contributed by atoms with E-state index in [2.05, 4.69) is 14.5 Å². The summed E-state index contributed by atoms with van der Waals surface area (Å²) in [7, 11) is 0. The summed E-state index contributed by atoms with van der Waals surface area (Å²) in [5.74, 6) is 2.45. The summed E-state index contributed by atoms with van der Waals surface area (Å²) in [6.45, 7) is 9.52. The lowest BCUT2D eigenvalue weighted by atomic mass is 10.0. The maximum Gasteiger partial charge on any atom is 0.219 e. The molecule has 1 fully saturated rings. The predicted octanol–water partition coefficient (Wildman–Crippen LogP) is 3.05. The molecule has 1 aliphatic rings. The summed E-state index contributed by atoms with van der Waals surface area (Å²) in [4.78, 5) is 20.3. The number of β-amino-alcohol motifs (C(OH)–C–C–N with tert-alkyl or cyclic N) is 1. The van der Waals surface area contributed by atoms with E-state index in [9.17, 15) is 9.90 Å². The van der Waals surface area contributed by atoms with Crippen LogP contribution in [0.25, 0.3) is 0 Å². The van der Waals surface area contributed by atoms with E-state index in [1.54, 1.807) is 18.0 Å². The zero-order valence-electron chi connectivity index (χ0n) is 21.4. The predicted molar refractivity (Wildman–Crippen MR) is 138 cm³/mol. The number of carbonyl (C=O) groups is 1. The molecule has 1 amide bonds. The number of carbonyl (C=O) groups excluding carboxylic acids is 1. The minimum Gasteiger partial charge on any atom is -0.492 e. The van der Waals surface area contributed by atoms with Gasteiger partial charge in [0.2, 0.25) is 5.91 Å². The molecule has 1 atom stereocenters. The lowest BCUT2D eigenvalue weighted by Crippen LogP contribution is -2.51. The number of aromatic nitrogens is 2. The van der Waals surface area contributed by atoms with Crippen molar-refractivity contribution in [3.05, 3.63) is 77.9 Å². The van der Waals surface area contributed by atoms with Crippen LogP contribution in [0.2, 0.25) is 0 Å². The average molecular weight is 493 g/mol. The molecule has 192 valence electrons. The molecule has 0 spiro atoms. The quantitative estimate of drug-likeness (QED) is 0.495. The van der Waals surface area contributed by atoms with Crippen LogP contribution in [0.15, 0.2) is 60.9 Å². The Hall–Kier alpha value is -3.36. The van der Waals surface area contributed by atoms with Crippen molar-refractivity contribution in [3.8, 4) is 11.5 Å². The molecule has 1 aromatic heterocycles. The van der Waals surface area contributed by atoms with Gasteiger partial charge in [-0.05, 0) is 43.7 Å². The summed E-state index contributed by atoms with van der Waals surface area (Å²) in [6, 6.07) is 15.8. The van der Waals surface area contributed by atoms with Crippen LogP contribution in [0.3, 0.4) is 0 Å². The second kappa shape index (κ2) is 11.6. The second-order valence-corrected chi connectivity index (χ2v) is 9.64. The summed E-state index contributed by atoms with van der Waals surface area (Å²) in [6.07, 6.45) is 3.74. The average Bonchev–Trinajstić information content (AvgIpc) is 3.18. The Morgan fingerprint density at radius 2 is 1.69 bits per heavy atom. The van der Waals surface area contributed by atoms with E-state index in [-0.39, 0.29) is 19.1 Å². The summed E-state index contributed by atoms with van der Waals surface area (Å²) >= 11 is 0. The fourth-order valence-corrected chi connectivity index (χ4v) is 4.44. The van der Waals surface area contributed by atoms with Crippen molar-refractivity contribution in [1.82, 2.24) is 19.4 Å². The Kier molecular flexibility index (Phi) is 8.28. The lowest BCUT2D eigenvalue weighted by Gasteiger charge is -2.32. The van der Waals surface area contributed by atoms with Crippen molar-refractivity contribution >= 4 is 5.91 Å². The molecule has 1 aliphatic heterocycles. The molecule has 0 saturated carbocycles. The summed E-state index contributed by atoms with van der Waals surface area (Å²) < 4.78 is 13.9. The Balaban J connectivity index is 1.35. The Morgan fingerprint density at radius 1 is 1.00 bits per heavy atom. The van der Waals surface area contributed by atoms with Crippen LogP contribution in [-0.2, 0) is 17.9 Å². The van der Waals surface area contributed by atoms with E-state index < -0.39 is 5.60 Å². The molecule has 1 saturated heterocycles. The number of amides is 1. The molecule has 8 nitrogen and oxygen atoms in total. The maximum absolute atomic E-state index is 12.2. The third kappa shape index (κ3) is 7.08. The third-order valence-electron chi connectivity index (χ3n) is 6.52. The van der Waals surface area contributed by atoms with Crippen molar-refractivity contribution in [2.24, 2.45) is 0 Å². The summed E-state index contributed by atoms with van der Waals surface area (Å²) in [5, 5.41) is 11.5. The van der Waals surface area contributed by atoms with E-state index >= 15 is 0 Å². The van der Waals surface area contributed by atoms with E-state index in [0.29, 0.717) is 38.5 Å². The summed E-state index contributed by atoms with van der Waals surface area (Å²) in [5.41, 5.74) is 1.08. The first-order valence-electron chi connectivity index (χ1n) is 12.4. The molecule has 0 aliphatic carbocycles. The fraction of sp³-hybridized carbons (Fsp3) is 0.429. The monoisotopic (exact) mass is 492 g/mol. The Morgan fingerprint density at radius 3 is 2.36 bits per heavy atom. The number of hydrogen-bond acceptors (Lipinski definition) is 6. The van der Waals surface area contributed by atoms with E-state index in [1.165, 1.54) is 0 Å². The number of ether oxygens (including phenoxy) is 2. The van der Waals surface area contributed by atoms with Gasteiger partial charge in [0.15, 0.2) is 0 Å². The number of hydrogen-bond donors (Lipinski definition) is 1. The molecule has 3 aromatic rings. The van der Waals surface area contributed by atoms with Gasteiger partial charge in [-0.2, -0.15) is 0 Å². The van der Waals surface area contributed by atoms with Crippen molar-refractivity contribution in [2.75, 3.05) is 39.4 Å². The van der Waals surface area contributed by atoms with Crippen LogP contribution in [0.4, 0.5) is 0 Å². The Labute approximate surface area is 213 Å². The van der Waals surface area contributed by atoms with Crippen molar-refractivity contribution in [2.45, 2.75) is 39.5 Å². The molecule has 2 heterocycles. The van der Waals surface area contributed by atoms with Crippen LogP contribution < -0.4 is 9.47 Å². The molecular weight excluding hydrogens is 456 g/mol. The normalized spacial score (nSPS) is 18.6. The molecule has 1 unspecified atom stereocenters. The molecular formula is C28H36N4O4. The smallest absolute Gasteiger partial charge is 0.219 e. The highest BCUT2D eigenvalue weighted by molar-refractivity contribution is 5.73. The topological polar surface area (TPSA) is 80.1 Å². The third-order valence-corrected chi connectivity index (χ3v) is 6.52. The second-order valence-electron chi connectivity index (χ2n) is 9.64. The zero-order chi connectivity index (χ0) is 25.5. The van der Waals surface area contributed by atoms with Gasteiger partial charge in [0.05, 0.1) is 13.1 Å². The van der Waals surface area contributed by atoms with Gasteiger partial charge in [-0.1, -0.05) is 29.8 Å². The van der Waals surface area contributed by atoms with Crippen LogP contribution >= 0.6 is 0 Å². The van der Waals surface area contributed by atoms with Crippen LogP contribution in [-0.4, -0.2) is 75.4 Å². The largest absolute Gasteiger partial charge is 0.492 e. The van der Waals surface area contributed by atoms with Crippen molar-refractivity contribution < 1.29 is 19.4 Å². The first-order chi connectivity index (χ1) is 17.3. The number of benzene rings is 2. The Bertz CT molecular complexity index is 1130. The molecule has 1 N–H and O–H groups in total. The van der Waals surface area contributed by atoms with Crippen molar-refractivity contribution in [1.29, 1.82) is 0 Å². The molecule has 8 heteroatoms. The van der Waals surface area contributed by atoms with E-state index in [1.807, 2.05) is 68.6 Å². The number of aryl methyl sites for hydroxylation is 2. The number of rotatable bonds is 9. The lowest BCUT2D eigenvalue weighted by molar-refractivity contribution is -0.132. The molecule has 4 rings (SSSR count). The van der Waals surface area contributed by atoms with E-state index in [4.69, 9.17) is 9.47 Å². The van der Waals surface area contributed by atoms with Gasteiger partial charge >= 0.3 is 0 Å². The fourth-order valence-electron chi connectivity index (χ4n) is 4.44. The molecule has 36 heavy (non-hydrogen) atoms. The number of aliphatic hydroxyl groups is 1. The van der Waals surface area contributed by atoms with Crippen LogP contribution in [0.1, 0.15) is 23.9 Å². The van der Waals surface area contributed by atoms with Gasteiger partial charge in [-0.25, -0.2) is 4.98 Å². The van der Waals surface area contributed by atoms with Gasteiger partial charge in [0.25, 0.3) is 0 Å². The van der Waals surface area contributed by atoms with Gasteiger partial charge < -0.3 is 24.0 Å². The molecule has 0 radical (unpaired) electrons. The van der Waals surface area contributed by atoms with Gasteiger partial charge in [-0.15, -0.1) is 0 Å². The first-order valence-corrected chi connectivity index (χ1v) is 12.4. The minimum absolute atomic E-state index is 0.0435. The molecule has 2 aromatic carbocycles. The van der Waals surface area contributed by atoms with Gasteiger partial charge in [0.1, 0.15) is 36.1 Å². The first kappa shape index (κ1) is 25.7. The standard InChI is InChI=1S/C28H36N4O4/c1-22-4-8-27(9-5-22)36-21-28(34)19-30(14-15-32(20-28)24(3)33)18-25-6-10-26(11-7-25)35-17-16-31-13-12-29-23(31)2/h4-13,34H,14-21H2,1-3H3. The van der Waals surface area contributed by atoms with Gasteiger partial charge in [-0.3, -0.25) is 9.69 Å². The highest BCUT2D eigenvalue weighted by Gasteiger charge is 2.36. The van der Waals surface area contributed by atoms with E-state index in [0.717, 1.165) is 29.2 Å². The number of nitrogens with zero attached hydrogens (tertiary/aromatic N) is 4. The van der Waals surface area contributed by atoms with Crippen LogP contribution in [0, 0.1) is 13.8 Å². The molecule has 0 bridgehead atoms. The zero-order valence-corrected chi connectivity index (χ0v) is 21.4. The highest BCUT2D eigenvalue weighted by Crippen LogP contribution is 2.21. The minimum atomic E-state index is -1.18. The number of imidazole rings is 1. The van der Waals surface area contributed by atoms with Crippen molar-refractivity contribution in [3.63, 3.8) is 0 Å². The SMILES string of the molecule is CC(=O)N1CCN(Cc2ccc(OCCn3ccnc3C)cc2)CC(O)(COc2ccc(C)cc2)C1. The maximum atomic E-state index is 12.2. The van der Waals surface area contributed by atoms with Gasteiger partial charge in [0, 0.05) is 45.5 Å². The highest BCUT2D eigenvalue weighted by atomic mass is 16.5. The van der Waals surface area contributed by atoms with Crippen LogP contribution in [0.5, 0.6) is 11.5 Å².